The molecule has 2 heterocycles. The van der Waals surface area contributed by atoms with Crippen molar-refractivity contribution in [2.24, 2.45) is 5.73 Å². The average Bonchev–Trinajstić information content (AvgIpc) is 3.02. The second-order valence-corrected chi connectivity index (χ2v) is 5.10. The van der Waals surface area contributed by atoms with Crippen molar-refractivity contribution in [1.82, 2.24) is 9.38 Å². The van der Waals surface area contributed by atoms with Crippen molar-refractivity contribution in [3.8, 4) is 17.0 Å². The molecule has 3 aromatic rings. The van der Waals surface area contributed by atoms with E-state index < -0.39 is 0 Å². The number of thiazole rings is 1. The number of aromatic nitrogens is 2. The highest BCUT2D eigenvalue weighted by Gasteiger charge is 2.14. The molecule has 0 atom stereocenters. The van der Waals surface area contributed by atoms with Gasteiger partial charge >= 0.3 is 0 Å². The molecular weight excluding hydrogens is 258 g/mol. The Labute approximate surface area is 115 Å². The maximum Gasteiger partial charge on any atom is 0.128 e. The van der Waals surface area contributed by atoms with Crippen LogP contribution < -0.4 is 10.5 Å². The minimum absolute atomic E-state index is 0.598. The Kier molecular flexibility index (Phi) is 3.23. The van der Waals surface area contributed by atoms with Gasteiger partial charge in [0.15, 0.2) is 0 Å². The van der Waals surface area contributed by atoms with Gasteiger partial charge in [0.25, 0.3) is 0 Å². The van der Waals surface area contributed by atoms with Gasteiger partial charge in [-0.3, -0.25) is 4.40 Å². The minimum Gasteiger partial charge on any atom is -0.496 e. The number of nitrogens with two attached hydrogens (primary N) is 1. The molecule has 2 N–H and O–H groups in total. The lowest BCUT2D eigenvalue weighted by atomic mass is 10.1. The summed E-state index contributed by atoms with van der Waals surface area (Å²) in [5, 5.41) is 2.13. The number of hydrogen-bond donors (Lipinski definition) is 1. The molecule has 0 saturated carbocycles. The molecule has 0 aliphatic carbocycles. The smallest absolute Gasteiger partial charge is 0.128 e. The molecule has 0 aliphatic rings. The van der Waals surface area contributed by atoms with E-state index in [2.05, 4.69) is 20.8 Å². The minimum atomic E-state index is 0.598. The zero-order valence-electron chi connectivity index (χ0n) is 10.7. The molecule has 5 heteroatoms. The topological polar surface area (TPSA) is 52.5 Å². The summed E-state index contributed by atoms with van der Waals surface area (Å²) in [6.45, 7) is 0.598. The van der Waals surface area contributed by atoms with Gasteiger partial charge in [0.05, 0.1) is 19.0 Å². The van der Waals surface area contributed by atoms with E-state index in [-0.39, 0.29) is 0 Å². The van der Waals surface area contributed by atoms with E-state index >= 15 is 0 Å². The maximum absolute atomic E-state index is 5.65. The van der Waals surface area contributed by atoms with Gasteiger partial charge in [0.1, 0.15) is 16.4 Å². The van der Waals surface area contributed by atoms with Gasteiger partial charge in [-0.25, -0.2) is 4.98 Å². The first-order chi connectivity index (χ1) is 9.35. The van der Waals surface area contributed by atoms with Crippen LogP contribution in [0.2, 0.25) is 0 Å². The first kappa shape index (κ1) is 12.2. The maximum atomic E-state index is 5.65. The quantitative estimate of drug-likeness (QED) is 0.795. The Morgan fingerprint density at radius 2 is 2.21 bits per heavy atom. The van der Waals surface area contributed by atoms with Crippen molar-refractivity contribution in [2.75, 3.05) is 13.7 Å². The van der Waals surface area contributed by atoms with Crippen LogP contribution in [0.3, 0.4) is 0 Å². The monoisotopic (exact) mass is 273 g/mol. The lowest BCUT2D eigenvalue weighted by Crippen LogP contribution is -2.06. The van der Waals surface area contributed by atoms with Crippen LogP contribution in [-0.4, -0.2) is 23.0 Å². The molecule has 0 aliphatic heterocycles. The van der Waals surface area contributed by atoms with E-state index in [9.17, 15) is 0 Å². The van der Waals surface area contributed by atoms with Crippen molar-refractivity contribution in [2.45, 2.75) is 6.42 Å². The van der Waals surface area contributed by atoms with Gasteiger partial charge in [0, 0.05) is 17.4 Å². The third kappa shape index (κ3) is 2.01. The number of para-hydroxylation sites is 1. The lowest BCUT2D eigenvalue weighted by Gasteiger charge is -2.08. The first-order valence-corrected chi connectivity index (χ1v) is 7.00. The second kappa shape index (κ2) is 5.03. The predicted molar refractivity (Wildman–Crippen MR) is 77.8 cm³/mol. The highest BCUT2D eigenvalue weighted by Crippen LogP contribution is 2.33. The summed E-state index contributed by atoms with van der Waals surface area (Å²) in [6, 6.07) is 8.02. The molecular formula is C14H15N3OS. The van der Waals surface area contributed by atoms with Gasteiger partial charge in [-0.2, -0.15) is 0 Å². The molecule has 0 bridgehead atoms. The van der Waals surface area contributed by atoms with E-state index in [4.69, 9.17) is 10.5 Å². The number of imidazole rings is 1. The molecule has 0 unspecified atom stereocenters. The van der Waals surface area contributed by atoms with Crippen LogP contribution in [0, 0.1) is 0 Å². The largest absolute Gasteiger partial charge is 0.496 e. The number of benzene rings is 1. The Morgan fingerprint density at radius 3 is 3.00 bits per heavy atom. The van der Waals surface area contributed by atoms with Crippen LogP contribution in [0.25, 0.3) is 16.1 Å². The number of rotatable bonds is 4. The fourth-order valence-corrected chi connectivity index (χ4v) is 3.12. The highest BCUT2D eigenvalue weighted by molar-refractivity contribution is 7.15. The predicted octanol–water partition coefficient (Wildman–Crippen LogP) is 2.57. The summed E-state index contributed by atoms with van der Waals surface area (Å²) < 4.78 is 7.60. The van der Waals surface area contributed by atoms with Crippen molar-refractivity contribution in [1.29, 1.82) is 0 Å². The zero-order chi connectivity index (χ0) is 13.2. The summed E-state index contributed by atoms with van der Waals surface area (Å²) in [6.07, 6.45) is 2.67. The van der Waals surface area contributed by atoms with Gasteiger partial charge < -0.3 is 10.5 Å². The molecule has 3 rings (SSSR count). The number of methoxy groups -OCH3 is 1. The molecule has 0 radical (unpaired) electrons. The number of nitrogens with zero attached hydrogens (tertiary/aromatic N) is 2. The Bertz CT molecular complexity index is 702. The molecule has 1 aromatic carbocycles. The van der Waals surface area contributed by atoms with E-state index in [1.54, 1.807) is 18.4 Å². The van der Waals surface area contributed by atoms with E-state index in [0.717, 1.165) is 34.1 Å². The molecule has 0 saturated heterocycles. The normalized spacial score (nSPS) is 11.1. The van der Waals surface area contributed by atoms with Crippen LogP contribution in [0.4, 0.5) is 0 Å². The molecule has 98 valence electrons. The summed E-state index contributed by atoms with van der Waals surface area (Å²) in [4.78, 5) is 5.57. The SMILES string of the molecule is COc1ccccc1-c1csc2cnc(CCN)n12. The van der Waals surface area contributed by atoms with Gasteiger partial charge in [-0.15, -0.1) is 11.3 Å². The fraction of sp³-hybridized carbons (Fsp3) is 0.214. The molecule has 2 aromatic heterocycles. The Hall–Kier alpha value is -1.85. The van der Waals surface area contributed by atoms with Crippen molar-refractivity contribution < 1.29 is 4.74 Å². The van der Waals surface area contributed by atoms with Crippen molar-refractivity contribution >= 4 is 16.2 Å². The van der Waals surface area contributed by atoms with E-state index in [1.807, 2.05) is 24.4 Å². The van der Waals surface area contributed by atoms with E-state index in [0.29, 0.717) is 6.54 Å². The first-order valence-electron chi connectivity index (χ1n) is 6.12. The van der Waals surface area contributed by atoms with Gasteiger partial charge in [-0.1, -0.05) is 12.1 Å². The molecule has 0 fully saturated rings. The third-order valence-corrected chi connectivity index (χ3v) is 3.96. The van der Waals surface area contributed by atoms with Crippen LogP contribution >= 0.6 is 11.3 Å². The summed E-state index contributed by atoms with van der Waals surface area (Å²) in [7, 11) is 1.69. The van der Waals surface area contributed by atoms with Crippen LogP contribution in [-0.2, 0) is 6.42 Å². The van der Waals surface area contributed by atoms with Gasteiger partial charge in [0.2, 0.25) is 0 Å². The molecule has 4 nitrogen and oxygen atoms in total. The van der Waals surface area contributed by atoms with Crippen molar-refractivity contribution in [3.63, 3.8) is 0 Å². The van der Waals surface area contributed by atoms with Crippen molar-refractivity contribution in [3.05, 3.63) is 41.7 Å². The third-order valence-electron chi connectivity index (χ3n) is 3.09. The molecule has 0 spiro atoms. The summed E-state index contributed by atoms with van der Waals surface area (Å²) in [5.74, 6) is 1.87. The number of hydrogen-bond acceptors (Lipinski definition) is 4. The number of ether oxygens (including phenoxy) is 1. The fourth-order valence-electron chi connectivity index (χ4n) is 2.23. The Balaban J connectivity index is 2.21. The van der Waals surface area contributed by atoms with E-state index in [1.165, 1.54) is 0 Å². The van der Waals surface area contributed by atoms with Crippen LogP contribution in [0.1, 0.15) is 5.82 Å². The molecule has 0 amide bonds. The molecule has 19 heavy (non-hydrogen) atoms. The van der Waals surface area contributed by atoms with Crippen LogP contribution in [0.15, 0.2) is 35.8 Å². The average molecular weight is 273 g/mol. The van der Waals surface area contributed by atoms with Crippen LogP contribution in [0.5, 0.6) is 5.75 Å². The zero-order valence-corrected chi connectivity index (χ0v) is 11.5. The van der Waals surface area contributed by atoms with Gasteiger partial charge in [-0.05, 0) is 18.7 Å². The lowest BCUT2D eigenvalue weighted by molar-refractivity contribution is 0.416. The second-order valence-electron chi connectivity index (χ2n) is 4.21. The standard InChI is InChI=1S/C14H15N3OS/c1-18-12-5-3-2-4-10(12)11-9-19-14-8-16-13(6-7-15)17(11)14/h2-5,8-9H,6-7,15H2,1H3. The Morgan fingerprint density at radius 1 is 1.37 bits per heavy atom. The summed E-state index contributed by atoms with van der Waals surface area (Å²) >= 11 is 1.68. The highest BCUT2D eigenvalue weighted by atomic mass is 32.1. The number of fused-ring (bicyclic) bond motifs is 1. The summed E-state index contributed by atoms with van der Waals surface area (Å²) in [5.41, 5.74) is 7.84.